The van der Waals surface area contributed by atoms with Gasteiger partial charge < -0.3 is 14.6 Å². The van der Waals surface area contributed by atoms with Crippen molar-refractivity contribution >= 4 is 33.5 Å². The minimum Gasteiger partial charge on any atom is -0.495 e. The highest BCUT2D eigenvalue weighted by atomic mass is 79.9. The van der Waals surface area contributed by atoms with E-state index in [1.807, 2.05) is 6.92 Å². The summed E-state index contributed by atoms with van der Waals surface area (Å²) in [4.78, 5) is 17.9. The van der Waals surface area contributed by atoms with Crippen molar-refractivity contribution in [1.82, 2.24) is 5.06 Å². The molecule has 0 radical (unpaired) electrons. The molecule has 2 aliphatic rings. The monoisotopic (exact) mass is 405 g/mol. The highest BCUT2D eigenvalue weighted by Gasteiger charge is 2.56. The molecule has 0 aromatic heterocycles. The molecule has 1 aromatic carbocycles. The average Bonchev–Trinajstić information content (AvgIpc) is 3.03. The van der Waals surface area contributed by atoms with Gasteiger partial charge in [-0.25, -0.2) is 0 Å². The molecule has 0 amide bonds. The van der Waals surface area contributed by atoms with Gasteiger partial charge in [0.2, 0.25) is 0 Å². The van der Waals surface area contributed by atoms with Gasteiger partial charge in [-0.05, 0) is 35.0 Å². The summed E-state index contributed by atoms with van der Waals surface area (Å²) < 4.78 is 11.5. The Bertz CT molecular complexity index is 628. The molecule has 126 valence electrons. The SMILES string of the molecule is COc1c(Br)ccc(Cl)c1CN1O[C@@H](CO)C2C1C(=O)O[C@H]2C. The van der Waals surface area contributed by atoms with Gasteiger partial charge in [0.25, 0.3) is 0 Å². The number of hydroxylamine groups is 2. The summed E-state index contributed by atoms with van der Waals surface area (Å²) in [6.45, 7) is 1.88. The summed E-state index contributed by atoms with van der Waals surface area (Å²) in [5.41, 5.74) is 0.702. The molecule has 3 rings (SSSR count). The van der Waals surface area contributed by atoms with Crippen LogP contribution in [0.5, 0.6) is 5.75 Å². The number of halogens is 2. The van der Waals surface area contributed by atoms with Crippen LogP contribution in [0, 0.1) is 5.92 Å². The summed E-state index contributed by atoms with van der Waals surface area (Å²) in [7, 11) is 1.55. The van der Waals surface area contributed by atoms with Crippen LogP contribution < -0.4 is 4.74 Å². The third kappa shape index (κ3) is 2.85. The van der Waals surface area contributed by atoms with Crippen molar-refractivity contribution in [3.63, 3.8) is 0 Å². The van der Waals surface area contributed by atoms with Gasteiger partial charge in [0.1, 0.15) is 24.0 Å². The Hall–Kier alpha value is -0.860. The first-order valence-corrected chi connectivity index (χ1v) is 8.40. The van der Waals surface area contributed by atoms with Crippen LogP contribution in [-0.2, 0) is 20.9 Å². The minimum absolute atomic E-state index is 0.179. The van der Waals surface area contributed by atoms with Crippen molar-refractivity contribution in [2.75, 3.05) is 13.7 Å². The number of cyclic esters (lactones) is 1. The van der Waals surface area contributed by atoms with E-state index in [9.17, 15) is 9.90 Å². The zero-order valence-electron chi connectivity index (χ0n) is 12.7. The second kappa shape index (κ2) is 6.57. The van der Waals surface area contributed by atoms with E-state index in [2.05, 4.69) is 15.9 Å². The largest absolute Gasteiger partial charge is 0.495 e. The Kier molecular flexibility index (Phi) is 4.85. The number of fused-ring (bicyclic) bond motifs is 1. The number of carbonyl (C=O) groups excluding carboxylic acids is 1. The number of nitrogens with zero attached hydrogens (tertiary/aromatic N) is 1. The van der Waals surface area contributed by atoms with Gasteiger partial charge in [-0.1, -0.05) is 11.6 Å². The van der Waals surface area contributed by atoms with Crippen molar-refractivity contribution in [2.45, 2.75) is 31.7 Å². The molecular formula is C15H17BrClNO5. The molecule has 1 aromatic rings. The zero-order chi connectivity index (χ0) is 16.7. The Morgan fingerprint density at radius 1 is 1.48 bits per heavy atom. The number of hydrogen-bond donors (Lipinski definition) is 1. The van der Waals surface area contributed by atoms with E-state index in [1.165, 1.54) is 5.06 Å². The van der Waals surface area contributed by atoms with Crippen LogP contribution in [-0.4, -0.2) is 48.1 Å². The van der Waals surface area contributed by atoms with Gasteiger partial charge in [-0.15, -0.1) is 0 Å². The summed E-state index contributed by atoms with van der Waals surface area (Å²) in [6.07, 6.45) is -0.770. The maximum Gasteiger partial charge on any atom is 0.326 e. The zero-order valence-corrected chi connectivity index (χ0v) is 15.0. The van der Waals surface area contributed by atoms with Crippen molar-refractivity contribution in [1.29, 1.82) is 0 Å². The lowest BCUT2D eigenvalue weighted by molar-refractivity contribution is -0.195. The first-order valence-electron chi connectivity index (χ1n) is 7.23. The van der Waals surface area contributed by atoms with E-state index in [-0.39, 0.29) is 31.1 Å². The predicted molar refractivity (Wildman–Crippen MR) is 86.0 cm³/mol. The van der Waals surface area contributed by atoms with E-state index in [0.717, 1.165) is 4.47 Å². The summed E-state index contributed by atoms with van der Waals surface area (Å²) >= 11 is 9.71. The van der Waals surface area contributed by atoms with Crippen molar-refractivity contribution in [3.8, 4) is 5.75 Å². The fourth-order valence-electron chi connectivity index (χ4n) is 3.26. The van der Waals surface area contributed by atoms with Crippen LogP contribution in [0.1, 0.15) is 12.5 Å². The molecule has 2 fully saturated rings. The van der Waals surface area contributed by atoms with Gasteiger partial charge in [0, 0.05) is 10.6 Å². The molecule has 8 heteroatoms. The molecule has 0 aliphatic carbocycles. The van der Waals surface area contributed by atoms with Crippen LogP contribution in [0.15, 0.2) is 16.6 Å². The third-order valence-corrected chi connectivity index (χ3v) is 5.29. The van der Waals surface area contributed by atoms with Crippen LogP contribution >= 0.6 is 27.5 Å². The molecule has 2 saturated heterocycles. The van der Waals surface area contributed by atoms with E-state index >= 15 is 0 Å². The second-order valence-corrected chi connectivity index (χ2v) is 6.87. The molecular weight excluding hydrogens is 390 g/mol. The molecule has 0 saturated carbocycles. The Labute approximate surface area is 147 Å². The first kappa shape index (κ1) is 17.0. The summed E-state index contributed by atoms with van der Waals surface area (Å²) in [5, 5.41) is 11.6. The molecule has 1 N–H and O–H groups in total. The number of methoxy groups -OCH3 is 1. The van der Waals surface area contributed by atoms with Crippen molar-refractivity contribution in [2.24, 2.45) is 5.92 Å². The maximum atomic E-state index is 12.1. The summed E-state index contributed by atoms with van der Waals surface area (Å²) in [6, 6.07) is 2.98. The molecule has 2 aliphatic heterocycles. The highest BCUT2D eigenvalue weighted by molar-refractivity contribution is 9.10. The Balaban J connectivity index is 1.92. The highest BCUT2D eigenvalue weighted by Crippen LogP contribution is 2.41. The fraction of sp³-hybridized carbons (Fsp3) is 0.533. The standard InChI is InChI=1S/C15H17BrClNO5/c1-7-12-11(6-19)23-18(13(12)15(20)22-7)5-8-10(17)4-3-9(16)14(8)21-2/h3-4,7,11-13,19H,5-6H2,1-2H3/t7-,11-,12?,13?/m0/s1. The van der Waals surface area contributed by atoms with Crippen LogP contribution in [0.25, 0.3) is 0 Å². The van der Waals surface area contributed by atoms with Crippen LogP contribution in [0.3, 0.4) is 0 Å². The average molecular weight is 407 g/mol. The number of carbonyl (C=O) groups is 1. The predicted octanol–water partition coefficient (Wildman–Crippen LogP) is 2.15. The maximum absolute atomic E-state index is 12.1. The number of aliphatic hydroxyl groups is 1. The Morgan fingerprint density at radius 3 is 2.87 bits per heavy atom. The number of hydrogen-bond acceptors (Lipinski definition) is 6. The van der Waals surface area contributed by atoms with E-state index in [4.69, 9.17) is 25.9 Å². The lowest BCUT2D eigenvalue weighted by atomic mass is 9.93. The summed E-state index contributed by atoms with van der Waals surface area (Å²) in [5.74, 6) is 0.0393. The smallest absolute Gasteiger partial charge is 0.326 e. The first-order chi connectivity index (χ1) is 11.0. The minimum atomic E-state index is -0.554. The van der Waals surface area contributed by atoms with E-state index < -0.39 is 12.1 Å². The lowest BCUT2D eigenvalue weighted by Gasteiger charge is -2.22. The fourth-order valence-corrected chi connectivity index (χ4v) is 4.00. The Morgan fingerprint density at radius 2 is 2.22 bits per heavy atom. The molecule has 23 heavy (non-hydrogen) atoms. The number of rotatable bonds is 4. The van der Waals surface area contributed by atoms with Gasteiger partial charge in [0.05, 0.1) is 30.7 Å². The quantitative estimate of drug-likeness (QED) is 0.773. The van der Waals surface area contributed by atoms with Gasteiger partial charge in [-0.3, -0.25) is 9.63 Å². The molecule has 6 nitrogen and oxygen atoms in total. The van der Waals surface area contributed by atoms with Crippen LogP contribution in [0.2, 0.25) is 5.02 Å². The topological polar surface area (TPSA) is 68.2 Å². The molecule has 2 unspecified atom stereocenters. The third-order valence-electron chi connectivity index (χ3n) is 4.31. The van der Waals surface area contributed by atoms with Gasteiger partial charge in [-0.2, -0.15) is 5.06 Å². The lowest BCUT2D eigenvalue weighted by Crippen LogP contribution is -2.35. The van der Waals surface area contributed by atoms with Crippen molar-refractivity contribution in [3.05, 3.63) is 27.2 Å². The molecule has 0 bridgehead atoms. The van der Waals surface area contributed by atoms with Gasteiger partial charge in [0.15, 0.2) is 0 Å². The molecule has 0 spiro atoms. The van der Waals surface area contributed by atoms with E-state index in [1.54, 1.807) is 19.2 Å². The normalized spacial score (nSPS) is 30.4. The number of benzene rings is 1. The number of esters is 1. The molecule has 4 atom stereocenters. The van der Waals surface area contributed by atoms with Crippen LogP contribution in [0.4, 0.5) is 0 Å². The van der Waals surface area contributed by atoms with Crippen molar-refractivity contribution < 1.29 is 24.2 Å². The van der Waals surface area contributed by atoms with Gasteiger partial charge >= 0.3 is 5.97 Å². The molecule has 2 heterocycles. The number of aliphatic hydroxyl groups excluding tert-OH is 1. The second-order valence-electron chi connectivity index (χ2n) is 5.61. The number of ether oxygens (including phenoxy) is 2. The van der Waals surface area contributed by atoms with E-state index in [0.29, 0.717) is 16.3 Å².